The SMILES string of the molecule is O=C(Nc1cnn(Cc2ccccc2F)c1)C1(c2ccccc2)CCOCC1. The zero-order chi connectivity index (χ0) is 19.4. The molecule has 0 radical (unpaired) electrons. The maximum absolute atomic E-state index is 13.9. The van der Waals surface area contributed by atoms with Gasteiger partial charge in [0.15, 0.2) is 0 Å². The monoisotopic (exact) mass is 379 g/mol. The number of amides is 1. The zero-order valence-electron chi connectivity index (χ0n) is 15.5. The summed E-state index contributed by atoms with van der Waals surface area (Å²) in [6, 6.07) is 16.4. The first-order chi connectivity index (χ1) is 13.7. The number of hydrogen-bond acceptors (Lipinski definition) is 3. The molecule has 1 aliphatic heterocycles. The van der Waals surface area contributed by atoms with E-state index in [1.165, 1.54) is 6.07 Å². The summed E-state index contributed by atoms with van der Waals surface area (Å²) in [4.78, 5) is 13.2. The molecule has 3 aromatic rings. The van der Waals surface area contributed by atoms with Gasteiger partial charge >= 0.3 is 0 Å². The molecule has 0 atom stereocenters. The average molecular weight is 379 g/mol. The number of ether oxygens (including phenoxy) is 1. The number of hydrogen-bond donors (Lipinski definition) is 1. The second kappa shape index (κ2) is 7.94. The van der Waals surface area contributed by atoms with Gasteiger partial charge < -0.3 is 10.1 Å². The Kier molecular flexibility index (Phi) is 5.21. The number of carbonyl (C=O) groups excluding carboxylic acids is 1. The van der Waals surface area contributed by atoms with Crippen molar-refractivity contribution < 1.29 is 13.9 Å². The van der Waals surface area contributed by atoms with Crippen molar-refractivity contribution in [2.24, 2.45) is 0 Å². The van der Waals surface area contributed by atoms with Gasteiger partial charge in [0.1, 0.15) is 5.82 Å². The lowest BCUT2D eigenvalue weighted by atomic mass is 9.73. The van der Waals surface area contributed by atoms with Crippen molar-refractivity contribution >= 4 is 11.6 Å². The van der Waals surface area contributed by atoms with Crippen LogP contribution in [0.25, 0.3) is 0 Å². The maximum Gasteiger partial charge on any atom is 0.235 e. The molecule has 6 heteroatoms. The molecule has 0 spiro atoms. The quantitative estimate of drug-likeness (QED) is 0.734. The van der Waals surface area contributed by atoms with E-state index in [2.05, 4.69) is 10.4 Å². The first-order valence-corrected chi connectivity index (χ1v) is 9.38. The van der Waals surface area contributed by atoms with Gasteiger partial charge in [-0.05, 0) is 24.5 Å². The van der Waals surface area contributed by atoms with E-state index < -0.39 is 5.41 Å². The van der Waals surface area contributed by atoms with Gasteiger partial charge in [-0.2, -0.15) is 5.10 Å². The van der Waals surface area contributed by atoms with Crippen molar-refractivity contribution in [2.75, 3.05) is 18.5 Å². The molecule has 2 heterocycles. The fourth-order valence-electron chi connectivity index (χ4n) is 3.69. The minimum atomic E-state index is -0.618. The van der Waals surface area contributed by atoms with E-state index in [4.69, 9.17) is 4.74 Å². The van der Waals surface area contributed by atoms with E-state index in [0.717, 1.165) is 5.56 Å². The van der Waals surface area contributed by atoms with Gasteiger partial charge in [0.05, 0.1) is 23.8 Å². The van der Waals surface area contributed by atoms with Crippen LogP contribution < -0.4 is 5.32 Å². The predicted octanol–water partition coefficient (Wildman–Crippen LogP) is 3.76. The molecule has 0 unspecified atom stereocenters. The summed E-state index contributed by atoms with van der Waals surface area (Å²) in [7, 11) is 0. The van der Waals surface area contributed by atoms with Gasteiger partial charge in [-0.25, -0.2) is 4.39 Å². The molecule has 1 N–H and O–H groups in total. The lowest BCUT2D eigenvalue weighted by Gasteiger charge is -2.36. The highest BCUT2D eigenvalue weighted by molar-refractivity contribution is 5.99. The van der Waals surface area contributed by atoms with Crippen LogP contribution in [0.2, 0.25) is 0 Å². The Labute approximate surface area is 163 Å². The number of halogens is 1. The number of nitrogens with zero attached hydrogens (tertiary/aromatic N) is 2. The molecule has 144 valence electrons. The van der Waals surface area contributed by atoms with Crippen molar-refractivity contribution in [3.63, 3.8) is 0 Å². The van der Waals surface area contributed by atoms with Crippen molar-refractivity contribution in [3.05, 3.63) is 83.9 Å². The number of nitrogens with one attached hydrogen (secondary N) is 1. The summed E-state index contributed by atoms with van der Waals surface area (Å²) in [6.45, 7) is 1.41. The van der Waals surface area contributed by atoms with Crippen LogP contribution in [-0.4, -0.2) is 28.9 Å². The van der Waals surface area contributed by atoms with E-state index in [1.54, 1.807) is 35.3 Å². The number of carbonyl (C=O) groups is 1. The lowest BCUT2D eigenvalue weighted by Crippen LogP contribution is -2.44. The highest BCUT2D eigenvalue weighted by Gasteiger charge is 2.41. The third-order valence-electron chi connectivity index (χ3n) is 5.29. The first kappa shape index (κ1) is 18.4. The molecule has 0 bridgehead atoms. The van der Waals surface area contributed by atoms with E-state index in [0.29, 0.717) is 43.9 Å². The summed E-state index contributed by atoms with van der Waals surface area (Å²) in [5, 5.41) is 7.26. The number of aromatic nitrogens is 2. The van der Waals surface area contributed by atoms with Crippen molar-refractivity contribution in [1.82, 2.24) is 9.78 Å². The maximum atomic E-state index is 13.9. The number of rotatable bonds is 5. The normalized spacial score (nSPS) is 15.9. The molecule has 1 fully saturated rings. The lowest BCUT2D eigenvalue weighted by molar-refractivity contribution is -0.125. The molecule has 0 saturated carbocycles. The Morgan fingerprint density at radius 2 is 1.82 bits per heavy atom. The minimum absolute atomic E-state index is 0.0626. The third-order valence-corrected chi connectivity index (χ3v) is 5.29. The topological polar surface area (TPSA) is 56.2 Å². The van der Waals surface area contributed by atoms with E-state index >= 15 is 0 Å². The van der Waals surface area contributed by atoms with Crippen LogP contribution in [0.1, 0.15) is 24.0 Å². The summed E-state index contributed by atoms with van der Waals surface area (Å²) >= 11 is 0. The van der Waals surface area contributed by atoms with Crippen LogP contribution >= 0.6 is 0 Å². The molecule has 1 saturated heterocycles. The van der Waals surface area contributed by atoms with Crippen molar-refractivity contribution in [2.45, 2.75) is 24.8 Å². The van der Waals surface area contributed by atoms with Gasteiger partial charge in [-0.3, -0.25) is 9.48 Å². The van der Waals surface area contributed by atoms with Gasteiger partial charge in [-0.15, -0.1) is 0 Å². The first-order valence-electron chi connectivity index (χ1n) is 9.38. The van der Waals surface area contributed by atoms with Gasteiger partial charge in [-0.1, -0.05) is 48.5 Å². The zero-order valence-corrected chi connectivity index (χ0v) is 15.5. The van der Waals surface area contributed by atoms with Crippen molar-refractivity contribution in [1.29, 1.82) is 0 Å². The van der Waals surface area contributed by atoms with Gasteiger partial charge in [0, 0.05) is 25.0 Å². The molecule has 0 aliphatic carbocycles. The molecular weight excluding hydrogens is 357 g/mol. The van der Waals surface area contributed by atoms with Gasteiger partial charge in [0.25, 0.3) is 0 Å². The fraction of sp³-hybridized carbons (Fsp3) is 0.273. The van der Waals surface area contributed by atoms with Crippen LogP contribution in [0.4, 0.5) is 10.1 Å². The summed E-state index contributed by atoms with van der Waals surface area (Å²) < 4.78 is 21.0. The van der Waals surface area contributed by atoms with E-state index in [-0.39, 0.29) is 11.7 Å². The predicted molar refractivity (Wildman–Crippen MR) is 105 cm³/mol. The van der Waals surface area contributed by atoms with E-state index in [9.17, 15) is 9.18 Å². The highest BCUT2D eigenvalue weighted by Crippen LogP contribution is 2.36. The Hall–Kier alpha value is -2.99. The Bertz CT molecular complexity index is 949. The smallest absolute Gasteiger partial charge is 0.235 e. The third kappa shape index (κ3) is 3.68. The minimum Gasteiger partial charge on any atom is -0.381 e. The largest absolute Gasteiger partial charge is 0.381 e. The van der Waals surface area contributed by atoms with Gasteiger partial charge in [0.2, 0.25) is 5.91 Å². The molecule has 2 aromatic carbocycles. The molecule has 1 aliphatic rings. The Balaban J connectivity index is 1.52. The van der Waals surface area contributed by atoms with Crippen molar-refractivity contribution in [3.8, 4) is 0 Å². The second-order valence-electron chi connectivity index (χ2n) is 7.03. The summed E-state index contributed by atoms with van der Waals surface area (Å²) in [5.41, 5.74) is 1.53. The Morgan fingerprint density at radius 3 is 2.57 bits per heavy atom. The summed E-state index contributed by atoms with van der Waals surface area (Å²) in [6.07, 6.45) is 4.58. The van der Waals surface area contributed by atoms with Crippen LogP contribution in [0.5, 0.6) is 0 Å². The fourth-order valence-corrected chi connectivity index (χ4v) is 3.69. The molecule has 28 heavy (non-hydrogen) atoms. The van der Waals surface area contributed by atoms with Crippen LogP contribution in [0.3, 0.4) is 0 Å². The summed E-state index contributed by atoms with van der Waals surface area (Å²) in [5.74, 6) is -0.332. The standard InChI is InChI=1S/C22H22FN3O2/c23-20-9-5-4-6-17(20)15-26-16-19(14-24-26)25-21(27)22(10-12-28-13-11-22)18-7-2-1-3-8-18/h1-9,14,16H,10-13,15H2,(H,25,27). The van der Waals surface area contributed by atoms with Crippen LogP contribution in [0, 0.1) is 5.82 Å². The number of benzene rings is 2. The molecule has 1 aromatic heterocycles. The molecule has 5 nitrogen and oxygen atoms in total. The van der Waals surface area contributed by atoms with Crippen LogP contribution in [0.15, 0.2) is 67.0 Å². The highest BCUT2D eigenvalue weighted by atomic mass is 19.1. The average Bonchev–Trinajstić information content (AvgIpc) is 3.17. The molecule has 1 amide bonds. The molecule has 4 rings (SSSR count). The second-order valence-corrected chi connectivity index (χ2v) is 7.03. The number of anilines is 1. The Morgan fingerprint density at radius 1 is 1.11 bits per heavy atom. The van der Waals surface area contributed by atoms with E-state index in [1.807, 2.05) is 30.3 Å². The molecular formula is C22H22FN3O2. The van der Waals surface area contributed by atoms with Crippen LogP contribution in [-0.2, 0) is 21.5 Å².